The fourth-order valence-electron chi connectivity index (χ4n) is 2.85. The number of thioether (sulfide) groups is 1. The quantitative estimate of drug-likeness (QED) is 0.225. The third-order valence-corrected chi connectivity index (χ3v) is 4.97. The maximum Gasteiger partial charge on any atom is 0.240 e. The van der Waals surface area contributed by atoms with E-state index < -0.39 is 0 Å². The molecular formula is C25H29N3OS. The molecule has 30 heavy (non-hydrogen) atoms. The van der Waals surface area contributed by atoms with Crippen LogP contribution in [0.4, 0.5) is 0 Å². The maximum atomic E-state index is 5.46. The van der Waals surface area contributed by atoms with E-state index in [4.69, 9.17) is 4.74 Å². The van der Waals surface area contributed by atoms with Gasteiger partial charge in [-0.05, 0) is 55.4 Å². The van der Waals surface area contributed by atoms with Crippen LogP contribution in [0.15, 0.2) is 60.5 Å². The van der Waals surface area contributed by atoms with Crippen molar-refractivity contribution in [2.75, 3.05) is 13.7 Å². The van der Waals surface area contributed by atoms with Gasteiger partial charge in [-0.15, -0.1) is 0 Å². The van der Waals surface area contributed by atoms with Gasteiger partial charge in [0.05, 0.1) is 23.5 Å². The van der Waals surface area contributed by atoms with Gasteiger partial charge in [0.15, 0.2) is 0 Å². The van der Waals surface area contributed by atoms with E-state index in [2.05, 4.69) is 59.0 Å². The summed E-state index contributed by atoms with van der Waals surface area (Å²) in [4.78, 5) is 13.7. The van der Waals surface area contributed by atoms with Crippen molar-refractivity contribution in [1.82, 2.24) is 9.97 Å². The molecule has 4 nitrogen and oxygen atoms in total. The minimum Gasteiger partial charge on any atom is -0.479 e. The summed E-state index contributed by atoms with van der Waals surface area (Å²) in [7, 11) is 1.60. The van der Waals surface area contributed by atoms with Crippen LogP contribution in [0.5, 0.6) is 5.88 Å². The lowest BCUT2D eigenvalue weighted by Crippen LogP contribution is -2.00. The van der Waals surface area contributed by atoms with Crippen molar-refractivity contribution in [3.63, 3.8) is 0 Å². The van der Waals surface area contributed by atoms with Crippen molar-refractivity contribution < 1.29 is 4.74 Å². The topological polar surface area (TPSA) is 47.4 Å². The second-order valence-electron chi connectivity index (χ2n) is 6.47. The molecule has 0 unspecified atom stereocenters. The largest absolute Gasteiger partial charge is 0.479 e. The summed E-state index contributed by atoms with van der Waals surface area (Å²) in [5.74, 6) is 0.474. The summed E-state index contributed by atoms with van der Waals surface area (Å²) >= 11 is 1.57. The molecule has 0 N–H and O–H groups in total. The molecule has 0 aliphatic rings. The van der Waals surface area contributed by atoms with Crippen molar-refractivity contribution in [2.24, 2.45) is 4.99 Å². The Morgan fingerprint density at radius 1 is 1.13 bits per heavy atom. The molecular weight excluding hydrogens is 390 g/mol. The highest BCUT2D eigenvalue weighted by molar-refractivity contribution is 8.16. The highest BCUT2D eigenvalue weighted by atomic mass is 32.2. The molecule has 0 spiro atoms. The standard InChI is InChI=1S/C25H29N3OS/c1-6-22-23(7-2)28-25(29-5)24(27-22)21-16-13-15-20(18-21)14-11-9-10-12-17-26-19(4)30-8-3/h6-8,11,13-16,18H,1-3,9-10,12,17H2,4-5H3/b14-11+,26-19?. The number of nitrogens with zero attached hydrogens (tertiary/aromatic N) is 3. The first kappa shape index (κ1) is 23.4. The average Bonchev–Trinajstić information content (AvgIpc) is 2.77. The SMILES string of the molecule is C=CSC(C)=NCCCC/C=C/c1cccc(-c2nc(C=C)c(C=C)nc2OC)c1. The van der Waals surface area contributed by atoms with E-state index >= 15 is 0 Å². The zero-order valence-electron chi connectivity index (χ0n) is 17.8. The summed E-state index contributed by atoms with van der Waals surface area (Å²) in [6, 6.07) is 8.18. The normalized spacial score (nSPS) is 11.5. The van der Waals surface area contributed by atoms with E-state index in [9.17, 15) is 0 Å². The van der Waals surface area contributed by atoms with Gasteiger partial charge in [-0.2, -0.15) is 0 Å². The molecule has 1 heterocycles. The maximum absolute atomic E-state index is 5.46. The summed E-state index contributed by atoms with van der Waals surface area (Å²) in [5.41, 5.74) is 4.10. The van der Waals surface area contributed by atoms with Gasteiger partial charge in [0.25, 0.3) is 0 Å². The number of methoxy groups -OCH3 is 1. The Labute approximate surface area is 184 Å². The minimum absolute atomic E-state index is 0.474. The van der Waals surface area contributed by atoms with Gasteiger partial charge in [0, 0.05) is 12.1 Å². The Morgan fingerprint density at radius 3 is 2.60 bits per heavy atom. The molecule has 1 aromatic heterocycles. The molecule has 2 aromatic rings. The second kappa shape index (κ2) is 12.6. The predicted molar refractivity (Wildman–Crippen MR) is 133 cm³/mol. The van der Waals surface area contributed by atoms with Crippen LogP contribution in [0.2, 0.25) is 0 Å². The van der Waals surface area contributed by atoms with E-state index in [1.165, 1.54) is 0 Å². The number of rotatable bonds is 11. The molecule has 0 fully saturated rings. The van der Waals surface area contributed by atoms with E-state index in [1.807, 2.05) is 24.5 Å². The number of ether oxygens (including phenoxy) is 1. The van der Waals surface area contributed by atoms with Gasteiger partial charge in [0.2, 0.25) is 5.88 Å². The van der Waals surface area contributed by atoms with E-state index in [0.29, 0.717) is 23.0 Å². The number of aliphatic imine (C=N–C) groups is 1. The number of allylic oxidation sites excluding steroid dienone is 1. The Morgan fingerprint density at radius 2 is 1.90 bits per heavy atom. The molecule has 0 saturated carbocycles. The van der Waals surface area contributed by atoms with Gasteiger partial charge in [-0.25, -0.2) is 9.97 Å². The molecule has 0 aliphatic heterocycles. The number of unbranched alkanes of at least 4 members (excludes halogenated alkanes) is 2. The number of hydrogen-bond donors (Lipinski definition) is 0. The highest BCUT2D eigenvalue weighted by Crippen LogP contribution is 2.29. The number of aromatic nitrogens is 2. The van der Waals surface area contributed by atoms with Crippen molar-refractivity contribution in [3.05, 3.63) is 72.4 Å². The zero-order valence-corrected chi connectivity index (χ0v) is 18.6. The van der Waals surface area contributed by atoms with Crippen LogP contribution in [0.25, 0.3) is 29.5 Å². The third-order valence-electron chi connectivity index (χ3n) is 4.34. The average molecular weight is 420 g/mol. The Kier molecular flexibility index (Phi) is 9.81. The first-order chi connectivity index (χ1) is 14.6. The molecule has 0 atom stereocenters. The minimum atomic E-state index is 0.474. The van der Waals surface area contributed by atoms with Gasteiger partial charge in [-0.3, -0.25) is 4.99 Å². The van der Waals surface area contributed by atoms with E-state index in [1.54, 1.807) is 31.0 Å². The van der Waals surface area contributed by atoms with Crippen molar-refractivity contribution >= 4 is 35.0 Å². The first-order valence-corrected chi connectivity index (χ1v) is 10.8. The number of benzene rings is 1. The summed E-state index contributed by atoms with van der Waals surface area (Å²) in [5, 5.41) is 2.87. The summed E-state index contributed by atoms with van der Waals surface area (Å²) < 4.78 is 5.46. The summed E-state index contributed by atoms with van der Waals surface area (Å²) in [6.45, 7) is 14.2. The molecule has 2 rings (SSSR count). The lowest BCUT2D eigenvalue weighted by atomic mass is 10.1. The fraction of sp³-hybridized carbons (Fsp3) is 0.240. The molecule has 0 saturated heterocycles. The van der Waals surface area contributed by atoms with Crippen LogP contribution < -0.4 is 4.74 Å². The lowest BCUT2D eigenvalue weighted by molar-refractivity contribution is 0.397. The molecule has 1 aromatic carbocycles. The van der Waals surface area contributed by atoms with Gasteiger partial charge < -0.3 is 4.74 Å². The monoisotopic (exact) mass is 419 g/mol. The zero-order chi connectivity index (χ0) is 21.8. The molecule has 0 aliphatic carbocycles. The van der Waals surface area contributed by atoms with Crippen molar-refractivity contribution in [3.8, 4) is 17.1 Å². The lowest BCUT2D eigenvalue weighted by Gasteiger charge is -2.10. The highest BCUT2D eigenvalue weighted by Gasteiger charge is 2.13. The predicted octanol–water partition coefficient (Wildman–Crippen LogP) is 6.92. The molecule has 0 amide bonds. The fourth-order valence-corrected chi connectivity index (χ4v) is 3.26. The van der Waals surface area contributed by atoms with Crippen LogP contribution in [0.1, 0.15) is 43.1 Å². The van der Waals surface area contributed by atoms with E-state index in [-0.39, 0.29) is 0 Å². The molecule has 0 radical (unpaired) electrons. The summed E-state index contributed by atoms with van der Waals surface area (Å²) in [6.07, 6.45) is 10.9. The molecule has 5 heteroatoms. The van der Waals surface area contributed by atoms with Crippen LogP contribution in [0, 0.1) is 0 Å². The van der Waals surface area contributed by atoms with Gasteiger partial charge >= 0.3 is 0 Å². The molecule has 0 bridgehead atoms. The first-order valence-electron chi connectivity index (χ1n) is 9.89. The van der Waals surface area contributed by atoms with Gasteiger partial charge in [-0.1, -0.05) is 61.8 Å². The van der Waals surface area contributed by atoms with E-state index in [0.717, 1.165) is 42.0 Å². The Bertz CT molecular complexity index is 947. The number of hydrogen-bond acceptors (Lipinski definition) is 5. The second-order valence-corrected chi connectivity index (χ2v) is 7.63. The van der Waals surface area contributed by atoms with Crippen LogP contribution in [0.3, 0.4) is 0 Å². The Hall–Kier alpha value is -2.92. The third kappa shape index (κ3) is 6.85. The van der Waals surface area contributed by atoms with Gasteiger partial charge in [0.1, 0.15) is 5.69 Å². The smallest absolute Gasteiger partial charge is 0.240 e. The van der Waals surface area contributed by atoms with Crippen LogP contribution in [-0.2, 0) is 0 Å². The van der Waals surface area contributed by atoms with Crippen LogP contribution in [-0.4, -0.2) is 28.7 Å². The van der Waals surface area contributed by atoms with Crippen LogP contribution >= 0.6 is 11.8 Å². The van der Waals surface area contributed by atoms with Crippen molar-refractivity contribution in [2.45, 2.75) is 26.2 Å². The van der Waals surface area contributed by atoms with Crippen molar-refractivity contribution in [1.29, 1.82) is 0 Å². The Balaban J connectivity index is 2.05. The molecule has 156 valence electrons.